The zero-order chi connectivity index (χ0) is 12.6. The van der Waals surface area contributed by atoms with Crippen molar-refractivity contribution in [2.75, 3.05) is 0 Å². The summed E-state index contributed by atoms with van der Waals surface area (Å²) < 4.78 is 0. The van der Waals surface area contributed by atoms with E-state index in [1.165, 1.54) is 24.8 Å². The van der Waals surface area contributed by atoms with Crippen LogP contribution in [0, 0.1) is 17.3 Å². The molecule has 0 saturated heterocycles. The van der Waals surface area contributed by atoms with Gasteiger partial charge in [0, 0.05) is 5.57 Å². The van der Waals surface area contributed by atoms with Crippen LogP contribution in [-0.2, 0) is 4.79 Å². The third-order valence-corrected chi connectivity index (χ3v) is 5.03. The Kier molecular flexibility index (Phi) is 3.15. The lowest BCUT2D eigenvalue weighted by Crippen LogP contribution is -2.50. The Bertz CT molecular complexity index is 378. The lowest BCUT2D eigenvalue weighted by atomic mass is 9.45. The molecule has 3 atom stereocenters. The van der Waals surface area contributed by atoms with Crippen molar-refractivity contribution in [3.63, 3.8) is 0 Å². The van der Waals surface area contributed by atoms with Crippen LogP contribution in [0.1, 0.15) is 46.0 Å². The minimum absolute atomic E-state index is 0.393. The standard InChI is InChI=1S/C15H22O2/c1-10-6-7-12-9-13(10)15(12,3)8-4-5-11(2)14(16)17/h5,12-13H,1,4,6-9H2,2-3H3,(H,16,17)/b11-5+/t12-,13-,15-/m0/s1. The van der Waals surface area contributed by atoms with E-state index >= 15 is 0 Å². The van der Waals surface area contributed by atoms with Gasteiger partial charge in [0.25, 0.3) is 0 Å². The summed E-state index contributed by atoms with van der Waals surface area (Å²) in [5, 5.41) is 8.80. The van der Waals surface area contributed by atoms with Gasteiger partial charge >= 0.3 is 5.97 Å². The van der Waals surface area contributed by atoms with Crippen LogP contribution in [0.15, 0.2) is 23.8 Å². The Balaban J connectivity index is 1.94. The molecule has 3 aliphatic carbocycles. The molecular formula is C15H22O2. The van der Waals surface area contributed by atoms with Crippen molar-refractivity contribution in [1.82, 2.24) is 0 Å². The highest BCUT2D eigenvalue weighted by molar-refractivity contribution is 5.85. The number of carboxylic acid groups (broad SMARTS) is 1. The van der Waals surface area contributed by atoms with Gasteiger partial charge in [-0.15, -0.1) is 0 Å². The van der Waals surface area contributed by atoms with Crippen LogP contribution in [0.3, 0.4) is 0 Å². The minimum atomic E-state index is -0.798. The third-order valence-electron chi connectivity index (χ3n) is 5.03. The first-order valence-corrected chi connectivity index (χ1v) is 6.53. The third kappa shape index (κ3) is 2.05. The molecule has 0 radical (unpaired) electrons. The Morgan fingerprint density at radius 1 is 1.65 bits per heavy atom. The van der Waals surface area contributed by atoms with Crippen molar-refractivity contribution in [3.05, 3.63) is 23.8 Å². The van der Waals surface area contributed by atoms with E-state index in [4.69, 9.17) is 5.11 Å². The summed E-state index contributed by atoms with van der Waals surface area (Å²) >= 11 is 0. The molecule has 0 heterocycles. The van der Waals surface area contributed by atoms with Gasteiger partial charge in [0.15, 0.2) is 0 Å². The molecule has 0 unspecified atom stereocenters. The summed E-state index contributed by atoms with van der Waals surface area (Å²) in [6.45, 7) is 8.22. The highest BCUT2D eigenvalue weighted by Gasteiger charge is 2.53. The topological polar surface area (TPSA) is 37.3 Å². The number of allylic oxidation sites excluding steroid dienone is 2. The first kappa shape index (κ1) is 12.4. The van der Waals surface area contributed by atoms with Crippen molar-refractivity contribution in [2.45, 2.75) is 46.0 Å². The number of carbonyl (C=O) groups is 1. The maximum Gasteiger partial charge on any atom is 0.330 e. The molecule has 2 nitrogen and oxygen atoms in total. The summed E-state index contributed by atoms with van der Waals surface area (Å²) in [5.41, 5.74) is 2.29. The number of fused-ring (bicyclic) bond motifs is 2. The van der Waals surface area contributed by atoms with E-state index in [2.05, 4.69) is 13.5 Å². The molecule has 3 fully saturated rings. The Labute approximate surface area is 103 Å². The molecule has 3 aliphatic rings. The fourth-order valence-corrected chi connectivity index (χ4v) is 3.63. The number of rotatable bonds is 4. The van der Waals surface area contributed by atoms with Crippen LogP contribution < -0.4 is 0 Å². The SMILES string of the molecule is C=C1CC[C@H]2C[C@@H]1[C@@]2(C)CC/C=C(\C)C(=O)O. The van der Waals surface area contributed by atoms with E-state index in [0.29, 0.717) is 16.9 Å². The molecule has 1 N–H and O–H groups in total. The predicted octanol–water partition coefficient (Wildman–Crippen LogP) is 3.79. The van der Waals surface area contributed by atoms with Crippen molar-refractivity contribution in [3.8, 4) is 0 Å². The second-order valence-corrected chi connectivity index (χ2v) is 5.92. The largest absolute Gasteiger partial charge is 0.478 e. The van der Waals surface area contributed by atoms with Crippen LogP contribution in [0.25, 0.3) is 0 Å². The molecule has 0 aromatic heterocycles. The summed E-state index contributed by atoms with van der Waals surface area (Å²) in [6.07, 6.45) is 7.66. The van der Waals surface area contributed by atoms with E-state index < -0.39 is 5.97 Å². The quantitative estimate of drug-likeness (QED) is 0.593. The van der Waals surface area contributed by atoms with Crippen LogP contribution >= 0.6 is 0 Å². The maximum absolute atomic E-state index is 10.7. The lowest BCUT2D eigenvalue weighted by Gasteiger charge is -2.59. The van der Waals surface area contributed by atoms with Crippen molar-refractivity contribution in [2.24, 2.45) is 17.3 Å². The van der Waals surface area contributed by atoms with Crippen LogP contribution in [0.5, 0.6) is 0 Å². The van der Waals surface area contributed by atoms with Crippen molar-refractivity contribution < 1.29 is 9.90 Å². The summed E-state index contributed by atoms with van der Waals surface area (Å²) in [6, 6.07) is 0. The van der Waals surface area contributed by atoms with Gasteiger partial charge in [-0.2, -0.15) is 0 Å². The maximum atomic E-state index is 10.7. The molecule has 0 spiro atoms. The van der Waals surface area contributed by atoms with Crippen LogP contribution in [0.4, 0.5) is 0 Å². The van der Waals surface area contributed by atoms with Gasteiger partial charge in [-0.3, -0.25) is 0 Å². The molecule has 0 aromatic carbocycles. The normalized spacial score (nSPS) is 36.6. The zero-order valence-electron chi connectivity index (χ0n) is 10.8. The number of aliphatic carboxylic acids is 1. The number of hydrogen-bond acceptors (Lipinski definition) is 1. The molecule has 2 heteroatoms. The zero-order valence-corrected chi connectivity index (χ0v) is 10.8. The first-order chi connectivity index (χ1) is 7.95. The van der Waals surface area contributed by atoms with E-state index in [1.54, 1.807) is 6.92 Å². The molecule has 3 saturated carbocycles. The monoisotopic (exact) mass is 234 g/mol. The van der Waals surface area contributed by atoms with Crippen LogP contribution in [-0.4, -0.2) is 11.1 Å². The molecule has 3 rings (SSSR count). The van der Waals surface area contributed by atoms with Crippen molar-refractivity contribution >= 4 is 5.97 Å². The van der Waals surface area contributed by atoms with Crippen molar-refractivity contribution in [1.29, 1.82) is 0 Å². The fraction of sp³-hybridized carbons (Fsp3) is 0.667. The predicted molar refractivity (Wildman–Crippen MR) is 68.7 cm³/mol. The average Bonchev–Trinajstić information content (AvgIpc) is 2.27. The molecule has 94 valence electrons. The number of hydrogen-bond donors (Lipinski definition) is 1. The summed E-state index contributed by atoms with van der Waals surface area (Å²) in [4.78, 5) is 10.7. The summed E-state index contributed by atoms with van der Waals surface area (Å²) in [5.74, 6) is 0.740. The van der Waals surface area contributed by atoms with Gasteiger partial charge in [-0.1, -0.05) is 25.2 Å². The van der Waals surface area contributed by atoms with Gasteiger partial charge in [0.2, 0.25) is 0 Å². The lowest BCUT2D eigenvalue weighted by molar-refractivity contribution is -0.132. The second-order valence-electron chi connectivity index (χ2n) is 5.92. The van der Waals surface area contributed by atoms with Gasteiger partial charge in [-0.25, -0.2) is 4.79 Å². The van der Waals surface area contributed by atoms with Crippen LogP contribution in [0.2, 0.25) is 0 Å². The smallest absolute Gasteiger partial charge is 0.330 e. The van der Waals surface area contributed by atoms with Gasteiger partial charge in [-0.05, 0) is 56.3 Å². The number of carboxylic acids is 1. The van der Waals surface area contributed by atoms with Gasteiger partial charge < -0.3 is 5.11 Å². The molecule has 0 amide bonds. The average molecular weight is 234 g/mol. The van der Waals surface area contributed by atoms with E-state index in [9.17, 15) is 4.79 Å². The van der Waals surface area contributed by atoms with E-state index in [1.807, 2.05) is 6.08 Å². The Hall–Kier alpha value is -1.05. The Morgan fingerprint density at radius 3 is 2.88 bits per heavy atom. The van der Waals surface area contributed by atoms with E-state index in [0.717, 1.165) is 18.8 Å². The summed E-state index contributed by atoms with van der Waals surface area (Å²) in [7, 11) is 0. The minimum Gasteiger partial charge on any atom is -0.478 e. The second kappa shape index (κ2) is 4.32. The Morgan fingerprint density at radius 2 is 2.35 bits per heavy atom. The highest BCUT2D eigenvalue weighted by atomic mass is 16.4. The van der Waals surface area contributed by atoms with E-state index in [-0.39, 0.29) is 0 Å². The molecule has 0 aliphatic heterocycles. The molecular weight excluding hydrogens is 212 g/mol. The highest BCUT2D eigenvalue weighted by Crippen LogP contribution is 2.63. The molecule has 17 heavy (non-hydrogen) atoms. The van der Waals surface area contributed by atoms with Gasteiger partial charge in [0.1, 0.15) is 0 Å². The first-order valence-electron chi connectivity index (χ1n) is 6.53. The van der Waals surface area contributed by atoms with Gasteiger partial charge in [0.05, 0.1) is 0 Å². The fourth-order valence-electron chi connectivity index (χ4n) is 3.63. The molecule has 2 bridgehead atoms. The molecule has 0 aromatic rings.